The van der Waals surface area contributed by atoms with Gasteiger partial charge in [0.25, 0.3) is 0 Å². The maximum absolute atomic E-state index is 13.7. The zero-order chi connectivity index (χ0) is 13.2. The van der Waals surface area contributed by atoms with Crippen LogP contribution in [-0.4, -0.2) is 25.2 Å². The number of rotatable bonds is 4. The molecule has 1 aromatic heterocycles. The lowest BCUT2D eigenvalue weighted by Crippen LogP contribution is -2.34. The number of aliphatic hydroxyl groups is 1. The highest BCUT2D eigenvalue weighted by atomic mass is 79.9. The molecule has 1 atom stereocenters. The molecule has 0 aliphatic rings. The molecule has 2 rings (SSSR count). The van der Waals surface area contributed by atoms with E-state index >= 15 is 0 Å². The Morgan fingerprint density at radius 3 is 2.72 bits per heavy atom. The van der Waals surface area contributed by atoms with Crippen LogP contribution in [0.25, 0.3) is 0 Å². The van der Waals surface area contributed by atoms with Crippen LogP contribution < -0.4 is 0 Å². The van der Waals surface area contributed by atoms with Gasteiger partial charge in [0.15, 0.2) is 0 Å². The van der Waals surface area contributed by atoms with Gasteiger partial charge in [-0.1, -0.05) is 22.0 Å². The second-order valence-corrected chi connectivity index (χ2v) is 4.44. The molecule has 1 aromatic carbocycles. The lowest BCUT2D eigenvalue weighted by Gasteiger charge is -2.26. The van der Waals surface area contributed by atoms with E-state index in [2.05, 4.69) is 26.0 Å². The largest absolute Gasteiger partial charge is 0.382 e. The maximum Gasteiger partial charge on any atom is 0.137 e. The monoisotopic (exact) mass is 317 g/mol. The van der Waals surface area contributed by atoms with E-state index in [-0.39, 0.29) is 17.4 Å². The standard InChI is InChI=1S/C11H10BrF2N3O/c12-4-11(18,5-17-7-15-6-16-17)9-2-1-8(13)3-10(9)14/h1-3,6-7,18H,4-5H2/t11-/m0/s1. The van der Waals surface area contributed by atoms with Crippen LogP contribution >= 0.6 is 15.9 Å². The molecule has 0 saturated carbocycles. The number of nitrogens with zero attached hydrogens (tertiary/aromatic N) is 3. The van der Waals surface area contributed by atoms with E-state index in [1.807, 2.05) is 0 Å². The van der Waals surface area contributed by atoms with Crippen molar-refractivity contribution in [3.63, 3.8) is 0 Å². The molecule has 0 unspecified atom stereocenters. The summed E-state index contributed by atoms with van der Waals surface area (Å²) in [4.78, 5) is 3.74. The van der Waals surface area contributed by atoms with E-state index in [4.69, 9.17) is 0 Å². The second-order valence-electron chi connectivity index (χ2n) is 3.88. The van der Waals surface area contributed by atoms with Crippen LogP contribution in [0.5, 0.6) is 0 Å². The van der Waals surface area contributed by atoms with Crippen molar-refractivity contribution in [1.29, 1.82) is 0 Å². The molecule has 0 amide bonds. The van der Waals surface area contributed by atoms with Crippen molar-refractivity contribution in [3.05, 3.63) is 48.1 Å². The van der Waals surface area contributed by atoms with Crippen LogP contribution in [0.15, 0.2) is 30.9 Å². The first-order chi connectivity index (χ1) is 8.55. The summed E-state index contributed by atoms with van der Waals surface area (Å²) < 4.78 is 27.9. The third-order valence-corrected chi connectivity index (χ3v) is 3.47. The molecule has 4 nitrogen and oxygen atoms in total. The van der Waals surface area contributed by atoms with E-state index in [0.29, 0.717) is 0 Å². The van der Waals surface area contributed by atoms with E-state index in [0.717, 1.165) is 12.1 Å². The van der Waals surface area contributed by atoms with Gasteiger partial charge < -0.3 is 5.11 Å². The van der Waals surface area contributed by atoms with Crippen molar-refractivity contribution < 1.29 is 13.9 Å². The Kier molecular flexibility index (Phi) is 3.72. The molecule has 0 aliphatic carbocycles. The number of hydrogen-bond acceptors (Lipinski definition) is 3. The van der Waals surface area contributed by atoms with E-state index in [9.17, 15) is 13.9 Å². The molecule has 0 bridgehead atoms. The fourth-order valence-electron chi connectivity index (χ4n) is 1.65. The van der Waals surface area contributed by atoms with E-state index < -0.39 is 17.2 Å². The van der Waals surface area contributed by atoms with Gasteiger partial charge >= 0.3 is 0 Å². The van der Waals surface area contributed by atoms with E-state index in [1.54, 1.807) is 0 Å². The average molecular weight is 318 g/mol. The van der Waals surface area contributed by atoms with Gasteiger partial charge in [0.05, 0.1) is 6.54 Å². The predicted octanol–water partition coefficient (Wildman–Crippen LogP) is 1.84. The summed E-state index contributed by atoms with van der Waals surface area (Å²) in [5.74, 6) is -1.48. The summed E-state index contributed by atoms with van der Waals surface area (Å²) in [7, 11) is 0. The van der Waals surface area contributed by atoms with Gasteiger partial charge in [-0.25, -0.2) is 18.4 Å². The van der Waals surface area contributed by atoms with Gasteiger partial charge in [0, 0.05) is 17.0 Å². The lowest BCUT2D eigenvalue weighted by atomic mass is 9.95. The molecule has 0 radical (unpaired) electrons. The summed E-state index contributed by atoms with van der Waals surface area (Å²) in [5.41, 5.74) is -1.51. The molecule has 1 N–H and O–H groups in total. The Bertz CT molecular complexity index is 535. The van der Waals surface area contributed by atoms with Crippen LogP contribution in [0.2, 0.25) is 0 Å². The van der Waals surface area contributed by atoms with Gasteiger partial charge in [0.1, 0.15) is 29.9 Å². The Morgan fingerprint density at radius 2 is 2.17 bits per heavy atom. The quantitative estimate of drug-likeness (QED) is 0.875. The first-order valence-electron chi connectivity index (χ1n) is 5.11. The van der Waals surface area contributed by atoms with Crippen LogP contribution in [0.3, 0.4) is 0 Å². The third kappa shape index (κ3) is 2.56. The van der Waals surface area contributed by atoms with Crippen molar-refractivity contribution >= 4 is 15.9 Å². The molecular formula is C11H10BrF2N3O. The minimum atomic E-state index is -1.52. The third-order valence-electron chi connectivity index (χ3n) is 2.54. The molecule has 96 valence electrons. The zero-order valence-corrected chi connectivity index (χ0v) is 10.8. The highest BCUT2D eigenvalue weighted by Crippen LogP contribution is 2.28. The molecule has 1 heterocycles. The van der Waals surface area contributed by atoms with Gasteiger partial charge in [-0.2, -0.15) is 5.10 Å². The minimum absolute atomic E-state index is 0.0104. The molecule has 0 fully saturated rings. The van der Waals surface area contributed by atoms with E-state index in [1.165, 1.54) is 23.4 Å². The molecule has 7 heteroatoms. The summed E-state index contributed by atoms with van der Waals surface area (Å²) in [6.07, 6.45) is 2.73. The zero-order valence-electron chi connectivity index (χ0n) is 9.22. The highest BCUT2D eigenvalue weighted by molar-refractivity contribution is 9.09. The van der Waals surface area contributed by atoms with Crippen LogP contribution in [0.4, 0.5) is 8.78 Å². The molecular weight excluding hydrogens is 308 g/mol. The van der Waals surface area contributed by atoms with Crippen molar-refractivity contribution in [2.45, 2.75) is 12.1 Å². The molecule has 0 aliphatic heterocycles. The number of halogens is 3. The smallest absolute Gasteiger partial charge is 0.137 e. The van der Waals surface area contributed by atoms with Crippen molar-refractivity contribution in [2.75, 3.05) is 5.33 Å². The normalized spacial score (nSPS) is 14.4. The molecule has 0 saturated heterocycles. The van der Waals surface area contributed by atoms with Crippen LogP contribution in [-0.2, 0) is 12.1 Å². The molecule has 18 heavy (non-hydrogen) atoms. The number of alkyl halides is 1. The first kappa shape index (κ1) is 13.1. The summed E-state index contributed by atoms with van der Waals surface area (Å²) >= 11 is 3.14. The minimum Gasteiger partial charge on any atom is -0.382 e. The van der Waals surface area contributed by atoms with Crippen molar-refractivity contribution in [3.8, 4) is 0 Å². The van der Waals surface area contributed by atoms with Crippen LogP contribution in [0, 0.1) is 11.6 Å². The van der Waals surface area contributed by atoms with Gasteiger partial charge in [-0.05, 0) is 6.07 Å². The fourth-order valence-corrected chi connectivity index (χ4v) is 2.13. The van der Waals surface area contributed by atoms with Gasteiger partial charge in [0.2, 0.25) is 0 Å². The fraction of sp³-hybridized carbons (Fsp3) is 0.273. The summed E-state index contributed by atoms with van der Waals surface area (Å²) in [5, 5.41) is 14.4. The summed E-state index contributed by atoms with van der Waals surface area (Å²) in [6.45, 7) is 0.0147. The maximum atomic E-state index is 13.7. The Morgan fingerprint density at radius 1 is 1.39 bits per heavy atom. The highest BCUT2D eigenvalue weighted by Gasteiger charge is 2.32. The molecule has 2 aromatic rings. The predicted molar refractivity (Wildman–Crippen MR) is 64.1 cm³/mol. The number of benzene rings is 1. The lowest BCUT2D eigenvalue weighted by molar-refractivity contribution is 0.0373. The second kappa shape index (κ2) is 5.11. The van der Waals surface area contributed by atoms with Crippen molar-refractivity contribution in [2.24, 2.45) is 0 Å². The number of hydrogen-bond donors (Lipinski definition) is 1. The Hall–Kier alpha value is -1.34. The topological polar surface area (TPSA) is 50.9 Å². The molecule has 0 spiro atoms. The summed E-state index contributed by atoms with van der Waals surface area (Å²) in [6, 6.07) is 3.07. The van der Waals surface area contributed by atoms with Crippen molar-refractivity contribution in [1.82, 2.24) is 14.8 Å². The Labute approximate surface area is 110 Å². The van der Waals surface area contributed by atoms with Crippen LogP contribution in [0.1, 0.15) is 5.56 Å². The number of aromatic nitrogens is 3. The Balaban J connectivity index is 2.36. The van der Waals surface area contributed by atoms with Gasteiger partial charge in [-0.15, -0.1) is 0 Å². The van der Waals surface area contributed by atoms with Gasteiger partial charge in [-0.3, -0.25) is 0 Å². The SMILES string of the molecule is O[C@@](CBr)(Cn1cncn1)c1ccc(F)cc1F. The first-order valence-corrected chi connectivity index (χ1v) is 6.23. The average Bonchev–Trinajstić information content (AvgIpc) is 2.81.